The Hall–Kier alpha value is -1.75. The number of hydrogen-bond acceptors (Lipinski definition) is 4. The van der Waals surface area contributed by atoms with Crippen LogP contribution in [0.25, 0.3) is 11.0 Å². The molecule has 5 heteroatoms. The van der Waals surface area contributed by atoms with Crippen molar-refractivity contribution in [2.75, 3.05) is 26.3 Å². The third-order valence-electron chi connectivity index (χ3n) is 4.14. The Morgan fingerprint density at radius 3 is 2.65 bits per heavy atom. The maximum atomic E-state index is 5.61. The monoisotopic (exact) mass is 273 g/mol. The molecule has 0 spiro atoms. The van der Waals surface area contributed by atoms with Gasteiger partial charge in [-0.3, -0.25) is 0 Å². The fourth-order valence-electron chi connectivity index (χ4n) is 3.06. The topological polar surface area (TPSA) is 59.2 Å². The predicted molar refractivity (Wildman–Crippen MR) is 76.4 cm³/mol. The average molecular weight is 273 g/mol. The van der Waals surface area contributed by atoms with E-state index >= 15 is 0 Å². The second-order valence-corrected chi connectivity index (χ2v) is 5.59. The first-order valence-electron chi connectivity index (χ1n) is 7.37. The highest BCUT2D eigenvalue weighted by atomic mass is 16.6. The van der Waals surface area contributed by atoms with Gasteiger partial charge in [0.15, 0.2) is 11.5 Å². The van der Waals surface area contributed by atoms with Crippen molar-refractivity contribution in [2.24, 2.45) is 5.92 Å². The van der Waals surface area contributed by atoms with Crippen molar-refractivity contribution < 1.29 is 9.47 Å². The molecule has 20 heavy (non-hydrogen) atoms. The van der Waals surface area contributed by atoms with Gasteiger partial charge < -0.3 is 19.8 Å². The molecule has 1 saturated heterocycles. The van der Waals surface area contributed by atoms with Crippen LogP contribution in [0.1, 0.15) is 18.7 Å². The van der Waals surface area contributed by atoms with Crippen LogP contribution < -0.4 is 14.8 Å². The Morgan fingerprint density at radius 2 is 1.85 bits per heavy atom. The van der Waals surface area contributed by atoms with Gasteiger partial charge in [0.25, 0.3) is 0 Å². The molecule has 0 radical (unpaired) electrons. The molecule has 2 aromatic rings. The highest BCUT2D eigenvalue weighted by Crippen LogP contribution is 2.34. The zero-order valence-corrected chi connectivity index (χ0v) is 11.4. The van der Waals surface area contributed by atoms with Gasteiger partial charge in [-0.25, -0.2) is 4.98 Å². The molecule has 1 aromatic carbocycles. The van der Waals surface area contributed by atoms with Crippen LogP contribution in [0.2, 0.25) is 0 Å². The molecule has 0 unspecified atom stereocenters. The summed E-state index contributed by atoms with van der Waals surface area (Å²) in [5, 5.41) is 3.40. The zero-order chi connectivity index (χ0) is 13.4. The SMILES string of the molecule is c1c2c(cc3[nH]c(CC4CCNCC4)nc13)OCCO2. The molecule has 2 N–H and O–H groups in total. The molecule has 3 heterocycles. The number of fused-ring (bicyclic) bond motifs is 2. The maximum Gasteiger partial charge on any atom is 0.163 e. The second-order valence-electron chi connectivity index (χ2n) is 5.59. The van der Waals surface area contributed by atoms with Crippen LogP contribution in [0.4, 0.5) is 0 Å². The number of piperidine rings is 1. The summed E-state index contributed by atoms with van der Waals surface area (Å²) >= 11 is 0. The summed E-state index contributed by atoms with van der Waals surface area (Å²) in [7, 11) is 0. The van der Waals surface area contributed by atoms with Crippen molar-refractivity contribution in [3.8, 4) is 11.5 Å². The maximum absolute atomic E-state index is 5.61. The van der Waals surface area contributed by atoms with E-state index in [2.05, 4.69) is 10.3 Å². The number of rotatable bonds is 2. The van der Waals surface area contributed by atoms with Gasteiger partial charge in [-0.2, -0.15) is 0 Å². The van der Waals surface area contributed by atoms with E-state index in [-0.39, 0.29) is 0 Å². The molecule has 2 aliphatic heterocycles. The molecule has 0 saturated carbocycles. The average Bonchev–Trinajstić information content (AvgIpc) is 2.86. The van der Waals surface area contributed by atoms with Crippen molar-refractivity contribution in [1.82, 2.24) is 15.3 Å². The molecule has 5 nitrogen and oxygen atoms in total. The summed E-state index contributed by atoms with van der Waals surface area (Å²) in [6.07, 6.45) is 3.50. The van der Waals surface area contributed by atoms with Crippen LogP contribution in [0.15, 0.2) is 12.1 Å². The summed E-state index contributed by atoms with van der Waals surface area (Å²) in [6.45, 7) is 3.49. The lowest BCUT2D eigenvalue weighted by molar-refractivity contribution is 0.172. The Labute approximate surface area is 117 Å². The summed E-state index contributed by atoms with van der Waals surface area (Å²) < 4.78 is 11.2. The largest absolute Gasteiger partial charge is 0.486 e. The van der Waals surface area contributed by atoms with Crippen molar-refractivity contribution >= 4 is 11.0 Å². The predicted octanol–water partition coefficient (Wildman–Crippen LogP) is 1.88. The fraction of sp³-hybridized carbons (Fsp3) is 0.533. The van der Waals surface area contributed by atoms with Crippen molar-refractivity contribution in [3.63, 3.8) is 0 Å². The summed E-state index contributed by atoms with van der Waals surface area (Å²) in [6, 6.07) is 3.98. The molecule has 0 aliphatic carbocycles. The van der Waals surface area contributed by atoms with Gasteiger partial charge in [-0.05, 0) is 31.8 Å². The minimum Gasteiger partial charge on any atom is -0.486 e. The van der Waals surface area contributed by atoms with E-state index in [0.717, 1.165) is 53.8 Å². The van der Waals surface area contributed by atoms with Crippen LogP contribution in [-0.2, 0) is 6.42 Å². The van der Waals surface area contributed by atoms with E-state index in [1.165, 1.54) is 12.8 Å². The lowest BCUT2D eigenvalue weighted by Crippen LogP contribution is -2.28. The number of nitrogens with one attached hydrogen (secondary N) is 2. The summed E-state index contributed by atoms with van der Waals surface area (Å²) in [4.78, 5) is 8.13. The first-order valence-corrected chi connectivity index (χ1v) is 7.37. The molecule has 1 aromatic heterocycles. The van der Waals surface area contributed by atoms with Crippen LogP contribution in [-0.4, -0.2) is 36.3 Å². The van der Waals surface area contributed by atoms with Crippen LogP contribution >= 0.6 is 0 Å². The van der Waals surface area contributed by atoms with E-state index < -0.39 is 0 Å². The fourth-order valence-corrected chi connectivity index (χ4v) is 3.06. The Balaban J connectivity index is 1.61. The number of aromatic nitrogens is 2. The van der Waals surface area contributed by atoms with E-state index in [0.29, 0.717) is 13.2 Å². The zero-order valence-electron chi connectivity index (χ0n) is 11.4. The van der Waals surface area contributed by atoms with Gasteiger partial charge in [0, 0.05) is 18.6 Å². The van der Waals surface area contributed by atoms with Crippen molar-refractivity contribution in [1.29, 1.82) is 0 Å². The van der Waals surface area contributed by atoms with E-state index in [1.54, 1.807) is 0 Å². The Morgan fingerprint density at radius 1 is 1.10 bits per heavy atom. The summed E-state index contributed by atoms with van der Waals surface area (Å²) in [5.41, 5.74) is 2.01. The third-order valence-corrected chi connectivity index (χ3v) is 4.14. The number of H-pyrrole nitrogens is 1. The molecule has 0 bridgehead atoms. The van der Waals surface area contributed by atoms with Crippen molar-refractivity contribution in [3.05, 3.63) is 18.0 Å². The Kier molecular flexibility index (Phi) is 2.99. The molecular weight excluding hydrogens is 254 g/mol. The number of ether oxygens (including phenoxy) is 2. The van der Waals surface area contributed by atoms with Crippen molar-refractivity contribution in [2.45, 2.75) is 19.3 Å². The van der Waals surface area contributed by atoms with E-state index in [4.69, 9.17) is 14.5 Å². The number of nitrogens with zero attached hydrogens (tertiary/aromatic N) is 1. The number of hydrogen-bond donors (Lipinski definition) is 2. The smallest absolute Gasteiger partial charge is 0.163 e. The van der Waals surface area contributed by atoms with Gasteiger partial charge in [0.2, 0.25) is 0 Å². The van der Waals surface area contributed by atoms with Gasteiger partial charge in [0.05, 0.1) is 11.0 Å². The van der Waals surface area contributed by atoms with Gasteiger partial charge >= 0.3 is 0 Å². The quantitative estimate of drug-likeness (QED) is 0.877. The molecule has 1 fully saturated rings. The molecular formula is C15H19N3O2. The van der Waals surface area contributed by atoms with Crippen LogP contribution in [0.3, 0.4) is 0 Å². The van der Waals surface area contributed by atoms with Gasteiger partial charge in [-0.15, -0.1) is 0 Å². The highest BCUT2D eigenvalue weighted by molar-refractivity contribution is 5.79. The highest BCUT2D eigenvalue weighted by Gasteiger charge is 2.18. The molecule has 0 atom stereocenters. The molecule has 4 rings (SSSR count). The second kappa shape index (κ2) is 4.98. The lowest BCUT2D eigenvalue weighted by Gasteiger charge is -2.21. The lowest BCUT2D eigenvalue weighted by atomic mass is 9.94. The van der Waals surface area contributed by atoms with Crippen LogP contribution in [0.5, 0.6) is 11.5 Å². The normalized spacial score (nSPS) is 19.4. The molecule has 2 aliphatic rings. The number of imidazole rings is 1. The first-order chi connectivity index (χ1) is 9.88. The third kappa shape index (κ3) is 2.22. The van der Waals surface area contributed by atoms with Crippen LogP contribution in [0, 0.1) is 5.92 Å². The number of aromatic amines is 1. The summed E-state index contributed by atoms with van der Waals surface area (Å²) in [5.74, 6) is 3.44. The minimum atomic E-state index is 0.616. The van der Waals surface area contributed by atoms with Gasteiger partial charge in [0.1, 0.15) is 19.0 Å². The first kappa shape index (κ1) is 12.0. The minimum absolute atomic E-state index is 0.616. The molecule has 0 amide bonds. The standard InChI is InChI=1S/C15H19N3O2/c1-3-16-4-2-10(1)7-15-17-11-8-13-14(9-12(11)18-15)20-6-5-19-13/h8-10,16H,1-7H2,(H,17,18). The Bertz CT molecular complexity index is 574. The van der Waals surface area contributed by atoms with Gasteiger partial charge in [-0.1, -0.05) is 0 Å². The van der Waals surface area contributed by atoms with E-state index in [1.807, 2.05) is 12.1 Å². The molecule has 106 valence electrons. The number of benzene rings is 1. The van der Waals surface area contributed by atoms with E-state index in [9.17, 15) is 0 Å².